The summed E-state index contributed by atoms with van der Waals surface area (Å²) in [5.74, 6) is -72.1. The van der Waals surface area contributed by atoms with Crippen molar-refractivity contribution in [1.29, 1.82) is 0 Å². The third kappa shape index (κ3) is 7.76. The van der Waals surface area contributed by atoms with Crippen molar-refractivity contribution in [3.63, 3.8) is 0 Å². The summed E-state index contributed by atoms with van der Waals surface area (Å²) < 4.78 is 312. The van der Waals surface area contributed by atoms with E-state index < -0.39 is 157 Å². The van der Waals surface area contributed by atoms with Crippen LogP contribution in [0.15, 0.2) is 54.9 Å². The number of halogens is 21. The van der Waals surface area contributed by atoms with Crippen molar-refractivity contribution in [2.24, 2.45) is 0 Å². The molecule has 0 N–H and O–H groups in total. The van der Waals surface area contributed by atoms with Gasteiger partial charge in [0.2, 0.25) is 6.86 Å². The van der Waals surface area contributed by atoms with E-state index in [-0.39, 0.29) is 0 Å². The molecule has 0 radical (unpaired) electrons. The number of nitrogens with zero attached hydrogens (tertiary/aromatic N) is 1. The zero-order chi connectivity index (χ0) is 47.2. The Morgan fingerprint density at radius 1 is 0.397 bits per heavy atom. The molecule has 0 saturated carbocycles. The SMILES string of the molecule is Fc1c(F)c(F)c([B-](c2c(F)c(F)c(F)c(F)c2F)(c2c(F)c(F)c(F)c(F)c2F)c2c(F)c(F)c(F)c(F)c2F)c(F)c1F.O=C(OCF)c1cc[n+](Cc2ccccc2)cc1. The van der Waals surface area contributed by atoms with E-state index in [1.165, 1.54) is 5.56 Å². The first-order valence-electron chi connectivity index (χ1n) is 16.5. The minimum Gasteiger partial charge on any atom is -0.430 e. The minimum absolute atomic E-state index is 0.344. The van der Waals surface area contributed by atoms with Crippen molar-refractivity contribution in [3.8, 4) is 0 Å². The van der Waals surface area contributed by atoms with Gasteiger partial charge in [-0.05, 0) is 0 Å². The maximum absolute atomic E-state index is 15.4. The Morgan fingerprint density at radius 3 is 0.905 bits per heavy atom. The van der Waals surface area contributed by atoms with Crippen LogP contribution in [0.5, 0.6) is 0 Å². The second kappa shape index (κ2) is 18.0. The lowest BCUT2D eigenvalue weighted by Gasteiger charge is -2.44. The molecule has 3 nitrogen and oxygen atoms in total. The fourth-order valence-corrected chi connectivity index (χ4v) is 6.50. The monoisotopic (exact) mass is 925 g/mol. The predicted octanol–water partition coefficient (Wildman–Crippen LogP) is 7.95. The number of rotatable bonds is 8. The maximum atomic E-state index is 15.4. The highest BCUT2D eigenvalue weighted by Gasteiger charge is 2.52. The van der Waals surface area contributed by atoms with E-state index >= 15 is 35.1 Å². The summed E-state index contributed by atoms with van der Waals surface area (Å²) in [4.78, 5) is 11.2. The Morgan fingerprint density at radius 2 is 0.651 bits per heavy atom. The first kappa shape index (κ1) is 47.4. The summed E-state index contributed by atoms with van der Waals surface area (Å²) in [6, 6.07) is 13.2. The van der Waals surface area contributed by atoms with Gasteiger partial charge in [-0.1, -0.05) is 30.3 Å². The molecule has 0 fully saturated rings. The summed E-state index contributed by atoms with van der Waals surface area (Å²) in [5, 5.41) is 0. The molecule has 5 aromatic carbocycles. The van der Waals surface area contributed by atoms with Crippen LogP contribution in [-0.4, -0.2) is 19.0 Å². The van der Waals surface area contributed by atoms with Crippen molar-refractivity contribution in [2.45, 2.75) is 6.54 Å². The van der Waals surface area contributed by atoms with Crippen LogP contribution in [0.3, 0.4) is 0 Å². The number of hydrogen-bond donors (Lipinski definition) is 0. The molecule has 0 aliphatic carbocycles. The van der Waals surface area contributed by atoms with Crippen molar-refractivity contribution >= 4 is 34.0 Å². The number of ether oxygens (including phenoxy) is 1. The quantitative estimate of drug-likeness (QED) is 0.0388. The van der Waals surface area contributed by atoms with Crippen LogP contribution in [-0.2, 0) is 11.3 Å². The van der Waals surface area contributed by atoms with E-state index in [4.69, 9.17) is 0 Å². The average molecular weight is 925 g/mol. The van der Waals surface area contributed by atoms with Gasteiger partial charge in [-0.2, -0.15) is 0 Å². The van der Waals surface area contributed by atoms with Gasteiger partial charge in [0.15, 0.2) is 88.7 Å². The molecular formula is C38H13BF21NO2. The van der Waals surface area contributed by atoms with Gasteiger partial charge in [0.1, 0.15) is 52.7 Å². The van der Waals surface area contributed by atoms with E-state index in [2.05, 4.69) is 4.74 Å². The van der Waals surface area contributed by atoms with Gasteiger partial charge in [0.05, 0.1) is 5.56 Å². The topological polar surface area (TPSA) is 30.2 Å². The highest BCUT2D eigenvalue weighted by molar-refractivity contribution is 7.20. The molecule has 6 aromatic rings. The van der Waals surface area contributed by atoms with Crippen LogP contribution in [0.1, 0.15) is 15.9 Å². The Hall–Kier alpha value is -6.69. The second-order valence-electron chi connectivity index (χ2n) is 12.6. The second-order valence-corrected chi connectivity index (χ2v) is 12.6. The summed E-state index contributed by atoms with van der Waals surface area (Å²) in [5.41, 5.74) is -12.8. The van der Waals surface area contributed by atoms with Crippen LogP contribution < -0.4 is 26.4 Å². The van der Waals surface area contributed by atoms with Crippen LogP contribution in [0, 0.1) is 116 Å². The molecule has 0 aliphatic heterocycles. The Balaban J connectivity index is 0.000000345. The Kier molecular flexibility index (Phi) is 13.5. The third-order valence-corrected chi connectivity index (χ3v) is 9.23. The molecule has 0 atom stereocenters. The minimum atomic E-state index is -7.22. The van der Waals surface area contributed by atoms with Gasteiger partial charge in [0.25, 0.3) is 0 Å². The zero-order valence-electron chi connectivity index (χ0n) is 29.9. The number of carbonyl (C=O) groups excluding carboxylic acids is 1. The summed E-state index contributed by atoms with van der Waals surface area (Å²) in [6.07, 6.45) is -3.69. The van der Waals surface area contributed by atoms with Crippen molar-refractivity contribution in [3.05, 3.63) is 182 Å². The molecule has 0 unspecified atom stereocenters. The molecule has 0 spiro atoms. The molecule has 1 aromatic heterocycles. The van der Waals surface area contributed by atoms with Crippen LogP contribution in [0.2, 0.25) is 0 Å². The van der Waals surface area contributed by atoms with E-state index in [0.717, 1.165) is 6.54 Å². The number of benzene rings is 5. The fourth-order valence-electron chi connectivity index (χ4n) is 6.50. The number of aromatic nitrogens is 1. The molecule has 6 rings (SSSR count). The molecule has 1 heterocycles. The number of hydrogen-bond acceptors (Lipinski definition) is 2. The Labute approximate surface area is 336 Å². The van der Waals surface area contributed by atoms with Gasteiger partial charge in [-0.3, -0.25) is 0 Å². The molecule has 25 heteroatoms. The molecule has 63 heavy (non-hydrogen) atoms. The van der Waals surface area contributed by atoms with Crippen molar-refractivity contribution in [2.75, 3.05) is 6.86 Å². The summed E-state index contributed by atoms with van der Waals surface area (Å²) in [7, 11) is 0. The molecule has 0 saturated heterocycles. The predicted molar refractivity (Wildman–Crippen MR) is 173 cm³/mol. The highest BCUT2D eigenvalue weighted by Crippen LogP contribution is 2.30. The van der Waals surface area contributed by atoms with Gasteiger partial charge in [0, 0.05) is 17.7 Å². The van der Waals surface area contributed by atoms with Crippen molar-refractivity contribution < 1.29 is 106 Å². The number of esters is 1. The standard InChI is InChI=1S/C24BF20.C14H13FNO2/c26-5-1(6(27)14(35)21(42)13(5)34)25(2-7(28)15(36)22(43)16(37)8(2)29,3-9(30)17(38)23(44)18(39)10(3)31)4-11(32)19(40)24(45)20(41)12(4)33;15-11-18-14(17)13-6-8-16(9-7-13)10-12-4-2-1-3-5-12/h;1-9H,10-11H2/q-1;+1. The first-order chi connectivity index (χ1) is 29.5. The van der Waals surface area contributed by atoms with Gasteiger partial charge < -0.3 is 4.74 Å². The first-order valence-corrected chi connectivity index (χ1v) is 16.5. The van der Waals surface area contributed by atoms with Crippen molar-refractivity contribution in [1.82, 2.24) is 0 Å². The molecular weight excluding hydrogens is 912 g/mol. The van der Waals surface area contributed by atoms with E-state index in [1.807, 2.05) is 34.9 Å². The molecule has 0 amide bonds. The molecule has 0 aliphatic rings. The van der Waals surface area contributed by atoms with Gasteiger partial charge in [-0.15, -0.1) is 21.9 Å². The fraction of sp³-hybridized carbons (Fsp3) is 0.0526. The molecule has 332 valence electrons. The lowest BCUT2D eigenvalue weighted by atomic mass is 9.12. The van der Waals surface area contributed by atoms with Crippen LogP contribution in [0.4, 0.5) is 92.2 Å². The maximum Gasteiger partial charge on any atom is 0.340 e. The average Bonchev–Trinajstić information content (AvgIpc) is 3.27. The number of pyridine rings is 1. The van der Waals surface area contributed by atoms with Crippen LogP contribution >= 0.6 is 0 Å². The van der Waals surface area contributed by atoms with E-state index in [1.54, 1.807) is 24.5 Å². The smallest absolute Gasteiger partial charge is 0.340 e. The zero-order valence-corrected chi connectivity index (χ0v) is 29.9. The lowest BCUT2D eigenvalue weighted by molar-refractivity contribution is -0.688. The highest BCUT2D eigenvalue weighted by atomic mass is 19.2. The summed E-state index contributed by atoms with van der Waals surface area (Å²) >= 11 is 0. The Bertz CT molecular complexity index is 2410. The van der Waals surface area contributed by atoms with Gasteiger partial charge in [-0.25, -0.2) is 102 Å². The van der Waals surface area contributed by atoms with Gasteiger partial charge >= 0.3 is 5.97 Å². The van der Waals surface area contributed by atoms with E-state index in [9.17, 15) is 61.9 Å². The van der Waals surface area contributed by atoms with E-state index in [0.29, 0.717) is 5.56 Å². The third-order valence-electron chi connectivity index (χ3n) is 9.23. The lowest BCUT2D eigenvalue weighted by Crippen LogP contribution is -2.81. The summed E-state index contributed by atoms with van der Waals surface area (Å²) in [6.45, 7) is -0.378. The number of carbonyl (C=O) groups is 1. The largest absolute Gasteiger partial charge is 0.430 e. The van der Waals surface area contributed by atoms with Crippen LogP contribution in [0.25, 0.3) is 0 Å². The molecule has 0 bridgehead atoms. The number of alkyl halides is 1. The normalized spacial score (nSPS) is 11.4.